The third kappa shape index (κ3) is 3.72. The fourth-order valence-electron chi connectivity index (χ4n) is 1.01. The van der Waals surface area contributed by atoms with E-state index in [1.807, 2.05) is 6.92 Å². The lowest BCUT2D eigenvalue weighted by molar-refractivity contribution is 0.00486. The lowest BCUT2D eigenvalue weighted by Crippen LogP contribution is -2.13. The van der Waals surface area contributed by atoms with Crippen LogP contribution < -0.4 is 0 Å². The number of halogens is 2. The number of unbranched alkanes of at least 4 members (excludes halogenated alkanes) is 1. The van der Waals surface area contributed by atoms with Gasteiger partial charge in [0.25, 0.3) is 0 Å². The van der Waals surface area contributed by atoms with Gasteiger partial charge in [-0.3, -0.25) is 0 Å². The zero-order valence-corrected chi connectivity index (χ0v) is 7.69. The Morgan fingerprint density at radius 2 is 2.38 bits per heavy atom. The molecule has 1 aliphatic heterocycles. The SMILES string of the molecule is CCCCOCC1=CC(F)(F)CO1. The summed E-state index contributed by atoms with van der Waals surface area (Å²) in [7, 11) is 0. The summed E-state index contributed by atoms with van der Waals surface area (Å²) in [6, 6.07) is 0. The zero-order valence-electron chi connectivity index (χ0n) is 7.69. The van der Waals surface area contributed by atoms with Gasteiger partial charge < -0.3 is 9.47 Å². The van der Waals surface area contributed by atoms with Gasteiger partial charge in [0.05, 0.1) is 0 Å². The summed E-state index contributed by atoms with van der Waals surface area (Å²) in [6.45, 7) is 2.26. The maximum atomic E-state index is 12.5. The molecule has 0 saturated carbocycles. The summed E-state index contributed by atoms with van der Waals surface area (Å²) in [6.07, 6.45) is 2.82. The quantitative estimate of drug-likeness (QED) is 0.622. The Morgan fingerprint density at radius 1 is 1.62 bits per heavy atom. The number of rotatable bonds is 5. The van der Waals surface area contributed by atoms with E-state index in [0.717, 1.165) is 18.9 Å². The second kappa shape index (κ2) is 4.56. The van der Waals surface area contributed by atoms with E-state index in [1.165, 1.54) is 0 Å². The first-order valence-corrected chi connectivity index (χ1v) is 4.44. The van der Waals surface area contributed by atoms with E-state index in [4.69, 9.17) is 9.47 Å². The minimum absolute atomic E-state index is 0.162. The van der Waals surface area contributed by atoms with Gasteiger partial charge in [0.2, 0.25) is 0 Å². The van der Waals surface area contributed by atoms with Crippen LogP contribution in [0.5, 0.6) is 0 Å². The van der Waals surface area contributed by atoms with Gasteiger partial charge in [0.15, 0.2) is 6.61 Å². The Labute approximate surface area is 76.5 Å². The minimum atomic E-state index is -2.80. The van der Waals surface area contributed by atoms with Crippen LogP contribution in [0.2, 0.25) is 0 Å². The maximum Gasteiger partial charge on any atom is 0.303 e. The molecule has 0 N–H and O–H groups in total. The number of hydrogen-bond acceptors (Lipinski definition) is 2. The lowest BCUT2D eigenvalue weighted by Gasteiger charge is -2.04. The highest BCUT2D eigenvalue weighted by molar-refractivity contribution is 5.08. The number of alkyl halides is 2. The smallest absolute Gasteiger partial charge is 0.303 e. The van der Waals surface area contributed by atoms with Crippen molar-refractivity contribution in [2.45, 2.75) is 25.7 Å². The molecule has 0 amide bonds. The molecule has 4 heteroatoms. The van der Waals surface area contributed by atoms with Crippen LogP contribution in [0.1, 0.15) is 19.8 Å². The van der Waals surface area contributed by atoms with Crippen molar-refractivity contribution >= 4 is 0 Å². The molecule has 1 heterocycles. The van der Waals surface area contributed by atoms with Crippen molar-refractivity contribution in [1.82, 2.24) is 0 Å². The Kier molecular flexibility index (Phi) is 3.66. The fraction of sp³-hybridized carbons (Fsp3) is 0.778. The molecule has 0 fully saturated rings. The molecule has 0 aromatic carbocycles. The van der Waals surface area contributed by atoms with Crippen LogP contribution in [0.15, 0.2) is 11.8 Å². The highest BCUT2D eigenvalue weighted by Crippen LogP contribution is 2.25. The van der Waals surface area contributed by atoms with Crippen molar-refractivity contribution in [3.63, 3.8) is 0 Å². The van der Waals surface area contributed by atoms with Crippen molar-refractivity contribution in [2.24, 2.45) is 0 Å². The van der Waals surface area contributed by atoms with Gasteiger partial charge in [-0.25, -0.2) is 0 Å². The molecule has 0 atom stereocenters. The van der Waals surface area contributed by atoms with Gasteiger partial charge >= 0.3 is 5.92 Å². The third-order valence-corrected chi connectivity index (χ3v) is 1.71. The summed E-state index contributed by atoms with van der Waals surface area (Å²) >= 11 is 0. The molecule has 1 aliphatic rings. The number of hydrogen-bond donors (Lipinski definition) is 0. The standard InChI is InChI=1S/C9H14F2O2/c1-2-3-4-12-6-8-5-9(10,11)7-13-8/h5H,2-4,6-7H2,1H3. The highest BCUT2D eigenvalue weighted by atomic mass is 19.3. The first-order chi connectivity index (χ1) is 6.14. The van der Waals surface area contributed by atoms with Crippen LogP contribution >= 0.6 is 0 Å². The fourth-order valence-corrected chi connectivity index (χ4v) is 1.01. The molecule has 0 aliphatic carbocycles. The van der Waals surface area contributed by atoms with E-state index >= 15 is 0 Å². The topological polar surface area (TPSA) is 18.5 Å². The second-order valence-corrected chi connectivity index (χ2v) is 3.07. The Morgan fingerprint density at radius 3 is 2.92 bits per heavy atom. The summed E-state index contributed by atoms with van der Waals surface area (Å²) in [5.41, 5.74) is 0. The van der Waals surface area contributed by atoms with Gasteiger partial charge in [-0.1, -0.05) is 13.3 Å². The van der Waals surface area contributed by atoms with E-state index in [2.05, 4.69) is 0 Å². The van der Waals surface area contributed by atoms with Crippen molar-refractivity contribution in [3.05, 3.63) is 11.8 Å². The average molecular weight is 192 g/mol. The molecule has 0 aromatic heterocycles. The van der Waals surface area contributed by atoms with Crippen LogP contribution in [0.3, 0.4) is 0 Å². The average Bonchev–Trinajstić information content (AvgIpc) is 2.40. The van der Waals surface area contributed by atoms with Crippen LogP contribution in [-0.4, -0.2) is 25.7 Å². The van der Waals surface area contributed by atoms with Crippen LogP contribution in [0.4, 0.5) is 8.78 Å². The summed E-state index contributed by atoms with van der Waals surface area (Å²) < 4.78 is 34.9. The van der Waals surface area contributed by atoms with E-state index in [-0.39, 0.29) is 12.4 Å². The molecule has 0 radical (unpaired) electrons. The van der Waals surface area contributed by atoms with E-state index in [9.17, 15) is 8.78 Å². The molecular formula is C9H14F2O2. The largest absolute Gasteiger partial charge is 0.489 e. The predicted octanol–water partition coefficient (Wildman–Crippen LogP) is 2.35. The van der Waals surface area contributed by atoms with Gasteiger partial charge in [0.1, 0.15) is 12.4 Å². The normalized spacial score (nSPS) is 19.8. The van der Waals surface area contributed by atoms with Crippen LogP contribution in [0.25, 0.3) is 0 Å². The first kappa shape index (κ1) is 10.4. The summed E-state index contributed by atoms with van der Waals surface area (Å²) in [5.74, 6) is -2.55. The molecule has 13 heavy (non-hydrogen) atoms. The van der Waals surface area contributed by atoms with Gasteiger partial charge in [-0.05, 0) is 6.42 Å². The molecule has 0 spiro atoms. The van der Waals surface area contributed by atoms with Crippen LogP contribution in [-0.2, 0) is 9.47 Å². The van der Waals surface area contributed by atoms with E-state index < -0.39 is 12.5 Å². The van der Waals surface area contributed by atoms with E-state index in [0.29, 0.717) is 6.61 Å². The van der Waals surface area contributed by atoms with Gasteiger partial charge in [0, 0.05) is 12.7 Å². The summed E-state index contributed by atoms with van der Waals surface area (Å²) in [4.78, 5) is 0. The van der Waals surface area contributed by atoms with Crippen molar-refractivity contribution in [1.29, 1.82) is 0 Å². The predicted molar refractivity (Wildman–Crippen MR) is 44.7 cm³/mol. The third-order valence-electron chi connectivity index (χ3n) is 1.71. The molecular weight excluding hydrogens is 178 g/mol. The maximum absolute atomic E-state index is 12.5. The Balaban J connectivity index is 2.16. The molecule has 1 rings (SSSR count). The second-order valence-electron chi connectivity index (χ2n) is 3.07. The van der Waals surface area contributed by atoms with Crippen molar-refractivity contribution < 1.29 is 18.3 Å². The zero-order chi connectivity index (χ0) is 9.73. The lowest BCUT2D eigenvalue weighted by atomic mass is 10.3. The van der Waals surface area contributed by atoms with Crippen molar-refractivity contribution in [3.8, 4) is 0 Å². The first-order valence-electron chi connectivity index (χ1n) is 4.44. The molecule has 0 unspecified atom stereocenters. The molecule has 0 bridgehead atoms. The molecule has 76 valence electrons. The summed E-state index contributed by atoms with van der Waals surface area (Å²) in [5, 5.41) is 0. The Hall–Kier alpha value is -0.640. The molecule has 0 aromatic rings. The van der Waals surface area contributed by atoms with Crippen molar-refractivity contribution in [2.75, 3.05) is 19.8 Å². The van der Waals surface area contributed by atoms with E-state index in [1.54, 1.807) is 0 Å². The molecule has 2 nitrogen and oxygen atoms in total. The van der Waals surface area contributed by atoms with Gasteiger partial charge in [-0.15, -0.1) is 0 Å². The Bertz CT molecular complexity index is 190. The number of ether oxygens (including phenoxy) is 2. The minimum Gasteiger partial charge on any atom is -0.489 e. The monoisotopic (exact) mass is 192 g/mol. The van der Waals surface area contributed by atoms with Crippen LogP contribution in [0, 0.1) is 0 Å². The highest BCUT2D eigenvalue weighted by Gasteiger charge is 2.33. The molecule has 0 saturated heterocycles. The van der Waals surface area contributed by atoms with Gasteiger partial charge in [-0.2, -0.15) is 8.78 Å².